The van der Waals surface area contributed by atoms with Crippen molar-refractivity contribution in [1.29, 1.82) is 0 Å². The number of furan rings is 1. The largest absolute Gasteiger partial charge is 0.507 e. The predicted octanol–water partition coefficient (Wildman–Crippen LogP) is 6.06. The molecule has 1 atom stereocenters. The number of phenols is 1. The molecule has 31 heavy (non-hydrogen) atoms. The van der Waals surface area contributed by atoms with Crippen molar-refractivity contribution in [1.82, 2.24) is 4.90 Å². The molecule has 3 heterocycles. The average molecular weight is 482 g/mol. The van der Waals surface area contributed by atoms with Crippen molar-refractivity contribution in [2.75, 3.05) is 13.1 Å². The fraction of sp³-hybridized carbons (Fsp3) is 0.320. The summed E-state index contributed by atoms with van der Waals surface area (Å²) in [7, 11) is 0. The Balaban J connectivity index is 1.50. The van der Waals surface area contributed by atoms with E-state index < -0.39 is 0 Å². The number of rotatable bonds is 3. The molecule has 0 radical (unpaired) electrons. The van der Waals surface area contributed by atoms with E-state index in [0.717, 1.165) is 35.0 Å². The molecule has 2 aromatic carbocycles. The van der Waals surface area contributed by atoms with Gasteiger partial charge in [0.05, 0.1) is 11.1 Å². The number of halogens is 1. The van der Waals surface area contributed by atoms with E-state index in [2.05, 4.69) is 27.8 Å². The third-order valence-corrected chi connectivity index (χ3v) is 6.61. The average Bonchev–Trinajstić information content (AvgIpc) is 3.26. The number of benzene rings is 2. The van der Waals surface area contributed by atoms with Crippen LogP contribution in [0.25, 0.3) is 17.0 Å². The van der Waals surface area contributed by atoms with Crippen LogP contribution in [0.2, 0.25) is 0 Å². The summed E-state index contributed by atoms with van der Waals surface area (Å²) in [6.45, 7) is 6.61. The van der Waals surface area contributed by atoms with Crippen molar-refractivity contribution in [2.45, 2.75) is 33.2 Å². The Morgan fingerprint density at radius 2 is 2.13 bits per heavy atom. The molecule has 1 N–H and O–H groups in total. The maximum Gasteiger partial charge on any atom is 0.232 e. The molecule has 1 saturated heterocycles. The molecule has 160 valence electrons. The SMILES string of the molecule is Cc1cc(O)c(CN2CCC[C@H](C)C2)c2c1C(=O)/C(=C/c1cc3cc(Br)ccc3o1)O2. The summed E-state index contributed by atoms with van der Waals surface area (Å²) in [6.07, 6.45) is 4.01. The first-order valence-electron chi connectivity index (χ1n) is 10.6. The van der Waals surface area contributed by atoms with Crippen LogP contribution >= 0.6 is 15.9 Å². The Hall–Kier alpha value is -2.57. The molecule has 3 aromatic rings. The summed E-state index contributed by atoms with van der Waals surface area (Å²) >= 11 is 3.46. The number of Topliss-reactive ketones (excluding diaryl/α,β-unsaturated/α-hetero) is 1. The van der Waals surface area contributed by atoms with Gasteiger partial charge in [0.2, 0.25) is 5.78 Å². The van der Waals surface area contributed by atoms with Gasteiger partial charge in [0.15, 0.2) is 5.76 Å². The number of hydrogen-bond donors (Lipinski definition) is 1. The number of aryl methyl sites for hydroxylation is 1. The lowest BCUT2D eigenvalue weighted by molar-refractivity contribution is 0.101. The predicted molar refractivity (Wildman–Crippen MR) is 123 cm³/mol. The highest BCUT2D eigenvalue weighted by atomic mass is 79.9. The first kappa shape index (κ1) is 20.3. The molecule has 0 amide bonds. The number of aromatic hydroxyl groups is 1. The van der Waals surface area contributed by atoms with Crippen molar-refractivity contribution >= 4 is 38.8 Å². The highest BCUT2D eigenvalue weighted by Crippen LogP contribution is 2.42. The van der Waals surface area contributed by atoms with E-state index in [1.807, 2.05) is 31.2 Å². The van der Waals surface area contributed by atoms with Gasteiger partial charge in [-0.1, -0.05) is 22.9 Å². The minimum absolute atomic E-state index is 0.178. The van der Waals surface area contributed by atoms with E-state index in [-0.39, 0.29) is 17.3 Å². The summed E-state index contributed by atoms with van der Waals surface area (Å²) in [5.41, 5.74) is 2.67. The molecule has 0 unspecified atom stereocenters. The Labute approximate surface area is 189 Å². The van der Waals surface area contributed by atoms with E-state index in [1.165, 1.54) is 6.42 Å². The smallest absolute Gasteiger partial charge is 0.232 e. The molecule has 0 bridgehead atoms. The second kappa shape index (κ2) is 7.84. The molecular weight excluding hydrogens is 458 g/mol. The van der Waals surface area contributed by atoms with E-state index >= 15 is 0 Å². The number of piperidine rings is 1. The third kappa shape index (κ3) is 3.79. The number of nitrogens with zero attached hydrogens (tertiary/aromatic N) is 1. The number of carbonyl (C=O) groups excluding carboxylic acids is 1. The molecule has 0 saturated carbocycles. The number of phenolic OH excluding ortho intramolecular Hbond substituents is 1. The maximum absolute atomic E-state index is 13.2. The lowest BCUT2D eigenvalue weighted by Crippen LogP contribution is -2.33. The molecule has 0 aliphatic carbocycles. The van der Waals surface area contributed by atoms with Crippen LogP contribution in [0.15, 0.2) is 45.0 Å². The normalized spacial score (nSPS) is 20.4. The Kier molecular flexibility index (Phi) is 5.15. The Morgan fingerprint density at radius 1 is 1.29 bits per heavy atom. The lowest BCUT2D eigenvalue weighted by atomic mass is 9.97. The number of ketones is 1. The van der Waals surface area contributed by atoms with Gasteiger partial charge < -0.3 is 14.3 Å². The van der Waals surface area contributed by atoms with E-state index in [4.69, 9.17) is 9.15 Å². The van der Waals surface area contributed by atoms with Gasteiger partial charge in [-0.05, 0) is 68.1 Å². The molecule has 2 aliphatic rings. The highest BCUT2D eigenvalue weighted by molar-refractivity contribution is 9.10. The van der Waals surface area contributed by atoms with E-state index in [9.17, 15) is 9.90 Å². The molecule has 5 nitrogen and oxygen atoms in total. The molecule has 0 spiro atoms. The Morgan fingerprint density at radius 3 is 2.94 bits per heavy atom. The summed E-state index contributed by atoms with van der Waals surface area (Å²) < 4.78 is 12.9. The van der Waals surface area contributed by atoms with Crippen molar-refractivity contribution < 1.29 is 19.1 Å². The quantitative estimate of drug-likeness (QED) is 0.460. The van der Waals surface area contributed by atoms with Crippen molar-refractivity contribution in [3.63, 3.8) is 0 Å². The van der Waals surface area contributed by atoms with Gasteiger partial charge in [0.25, 0.3) is 0 Å². The number of allylic oxidation sites excluding steroid dienone is 1. The van der Waals surface area contributed by atoms with E-state index in [1.54, 1.807) is 12.1 Å². The van der Waals surface area contributed by atoms with Gasteiger partial charge in [-0.3, -0.25) is 9.69 Å². The second-order valence-corrected chi connectivity index (χ2v) is 9.56. The summed E-state index contributed by atoms with van der Waals surface area (Å²) in [5.74, 6) is 1.87. The number of fused-ring (bicyclic) bond motifs is 2. The molecule has 5 rings (SSSR count). The van der Waals surface area contributed by atoms with Gasteiger partial charge in [-0.15, -0.1) is 0 Å². The van der Waals surface area contributed by atoms with Crippen molar-refractivity contribution in [2.24, 2.45) is 5.92 Å². The Bertz CT molecular complexity index is 1230. The first-order chi connectivity index (χ1) is 14.9. The van der Waals surface area contributed by atoms with Crippen molar-refractivity contribution in [3.05, 3.63) is 63.0 Å². The zero-order valence-corrected chi connectivity index (χ0v) is 19.2. The summed E-state index contributed by atoms with van der Waals surface area (Å²) in [4.78, 5) is 15.5. The topological polar surface area (TPSA) is 62.9 Å². The minimum atomic E-state index is -0.178. The van der Waals surface area contributed by atoms with Crippen LogP contribution in [0.4, 0.5) is 0 Å². The lowest BCUT2D eigenvalue weighted by Gasteiger charge is -2.31. The van der Waals surface area contributed by atoms with Gasteiger partial charge in [-0.25, -0.2) is 0 Å². The number of likely N-dealkylation sites (tertiary alicyclic amines) is 1. The fourth-order valence-corrected chi connectivity index (χ4v) is 5.00. The molecule has 6 heteroatoms. The third-order valence-electron chi connectivity index (χ3n) is 6.11. The van der Waals surface area contributed by atoms with Crippen LogP contribution in [0.5, 0.6) is 11.5 Å². The van der Waals surface area contributed by atoms with Crippen LogP contribution in [0.3, 0.4) is 0 Å². The highest BCUT2D eigenvalue weighted by Gasteiger charge is 2.34. The first-order valence-corrected chi connectivity index (χ1v) is 11.4. The zero-order valence-electron chi connectivity index (χ0n) is 17.6. The number of carbonyl (C=O) groups is 1. The van der Waals surface area contributed by atoms with Gasteiger partial charge in [-0.2, -0.15) is 0 Å². The summed E-state index contributed by atoms with van der Waals surface area (Å²) in [6, 6.07) is 9.31. The van der Waals surface area contributed by atoms with Crippen LogP contribution in [0.1, 0.15) is 47.0 Å². The van der Waals surface area contributed by atoms with Gasteiger partial charge in [0, 0.05) is 29.0 Å². The van der Waals surface area contributed by atoms with Crippen LogP contribution in [-0.2, 0) is 6.54 Å². The zero-order chi connectivity index (χ0) is 21.7. The molecular formula is C25H24BrNO4. The van der Waals surface area contributed by atoms with E-state index in [0.29, 0.717) is 40.7 Å². The van der Waals surface area contributed by atoms with Crippen molar-refractivity contribution in [3.8, 4) is 11.5 Å². The van der Waals surface area contributed by atoms with Gasteiger partial charge in [0.1, 0.15) is 22.8 Å². The van der Waals surface area contributed by atoms with Crippen LogP contribution < -0.4 is 4.74 Å². The standard InChI is InChI=1S/C25H24BrNO4/c1-14-4-3-7-27(12-14)13-19-20(28)8-15(2)23-24(29)22(31-25(19)23)11-18-10-16-9-17(26)5-6-21(16)30-18/h5-6,8-11,14,28H,3-4,7,12-13H2,1-2H3/b22-11-/t14-/m0/s1. The number of hydrogen-bond acceptors (Lipinski definition) is 5. The monoisotopic (exact) mass is 481 g/mol. The second-order valence-electron chi connectivity index (χ2n) is 8.65. The molecule has 2 aliphatic heterocycles. The summed E-state index contributed by atoms with van der Waals surface area (Å²) in [5, 5.41) is 11.6. The van der Waals surface area contributed by atoms with Crippen LogP contribution in [-0.4, -0.2) is 28.9 Å². The molecule has 1 aromatic heterocycles. The number of ether oxygens (including phenoxy) is 1. The maximum atomic E-state index is 13.2. The minimum Gasteiger partial charge on any atom is -0.507 e. The van der Waals surface area contributed by atoms with Gasteiger partial charge >= 0.3 is 0 Å². The fourth-order valence-electron chi connectivity index (χ4n) is 4.62. The van der Waals surface area contributed by atoms with Crippen LogP contribution in [0, 0.1) is 12.8 Å². The molecule has 1 fully saturated rings.